The topological polar surface area (TPSA) is 71.1 Å². The highest BCUT2D eigenvalue weighted by atomic mass is 16.2. The van der Waals surface area contributed by atoms with Gasteiger partial charge in [-0.3, -0.25) is 9.59 Å². The Kier molecular flexibility index (Phi) is 5.78. The lowest BCUT2D eigenvalue weighted by Gasteiger charge is -2.22. The molecule has 0 fully saturated rings. The van der Waals surface area contributed by atoms with Crippen LogP contribution in [0.25, 0.3) is 0 Å². The maximum atomic E-state index is 12.8. The predicted molar refractivity (Wildman–Crippen MR) is 116 cm³/mol. The zero-order valence-corrected chi connectivity index (χ0v) is 17.1. The molecule has 0 radical (unpaired) electrons. The minimum Gasteiger partial charge on any atom is -0.320 e. The number of para-hydroxylation sites is 2. The second-order valence-corrected chi connectivity index (χ2v) is 7.93. The van der Waals surface area contributed by atoms with E-state index in [4.69, 9.17) is 0 Å². The van der Waals surface area contributed by atoms with E-state index in [2.05, 4.69) is 36.4 Å². The summed E-state index contributed by atoms with van der Waals surface area (Å²) < 4.78 is 0. The molecular formula is C24H25N3O2. The SMILES string of the molecule is Cc1ccccc1NC(=O)c1cccc(C(=O)Nc2ccccc2C(C)(C)C)n1. The van der Waals surface area contributed by atoms with Crippen molar-refractivity contribution in [3.63, 3.8) is 0 Å². The lowest BCUT2D eigenvalue weighted by atomic mass is 9.86. The Morgan fingerprint density at radius 2 is 1.24 bits per heavy atom. The number of benzene rings is 2. The van der Waals surface area contributed by atoms with Gasteiger partial charge in [0.15, 0.2) is 0 Å². The minimum atomic E-state index is -0.357. The number of hydrogen-bond acceptors (Lipinski definition) is 3. The number of rotatable bonds is 4. The summed E-state index contributed by atoms with van der Waals surface area (Å²) in [5.41, 5.74) is 3.69. The van der Waals surface area contributed by atoms with Crippen LogP contribution in [0.1, 0.15) is 52.9 Å². The Hall–Kier alpha value is -3.47. The van der Waals surface area contributed by atoms with Crippen molar-refractivity contribution in [2.75, 3.05) is 10.6 Å². The summed E-state index contributed by atoms with van der Waals surface area (Å²) in [6.07, 6.45) is 0. The van der Waals surface area contributed by atoms with Gasteiger partial charge in [-0.15, -0.1) is 0 Å². The predicted octanol–water partition coefficient (Wildman–Crippen LogP) is 5.19. The summed E-state index contributed by atoms with van der Waals surface area (Å²) in [6, 6.07) is 20.0. The number of nitrogens with one attached hydrogen (secondary N) is 2. The molecule has 0 aliphatic carbocycles. The third-order valence-corrected chi connectivity index (χ3v) is 4.59. The molecule has 1 heterocycles. The Bertz CT molecular complexity index is 1050. The Balaban J connectivity index is 1.80. The monoisotopic (exact) mass is 387 g/mol. The molecule has 0 aliphatic rings. The van der Waals surface area contributed by atoms with Crippen LogP contribution >= 0.6 is 0 Å². The van der Waals surface area contributed by atoms with Crippen LogP contribution in [0.5, 0.6) is 0 Å². The largest absolute Gasteiger partial charge is 0.320 e. The molecule has 2 aromatic carbocycles. The van der Waals surface area contributed by atoms with Gasteiger partial charge in [0.2, 0.25) is 0 Å². The fourth-order valence-corrected chi connectivity index (χ4v) is 3.02. The van der Waals surface area contributed by atoms with Gasteiger partial charge in [0.25, 0.3) is 11.8 Å². The summed E-state index contributed by atoms with van der Waals surface area (Å²) in [5, 5.41) is 5.76. The van der Waals surface area contributed by atoms with Crippen molar-refractivity contribution in [3.05, 3.63) is 89.2 Å². The van der Waals surface area contributed by atoms with E-state index >= 15 is 0 Å². The molecule has 5 heteroatoms. The van der Waals surface area contributed by atoms with Crippen molar-refractivity contribution in [1.29, 1.82) is 0 Å². The van der Waals surface area contributed by atoms with Gasteiger partial charge in [-0.1, -0.05) is 63.2 Å². The van der Waals surface area contributed by atoms with E-state index in [9.17, 15) is 9.59 Å². The molecule has 0 spiro atoms. The van der Waals surface area contributed by atoms with E-state index in [-0.39, 0.29) is 28.6 Å². The maximum Gasteiger partial charge on any atom is 0.274 e. The molecule has 3 rings (SSSR count). The number of amides is 2. The van der Waals surface area contributed by atoms with E-state index in [0.717, 1.165) is 16.8 Å². The highest BCUT2D eigenvalue weighted by Gasteiger charge is 2.20. The molecular weight excluding hydrogens is 362 g/mol. The van der Waals surface area contributed by atoms with E-state index < -0.39 is 0 Å². The van der Waals surface area contributed by atoms with Crippen LogP contribution in [0.3, 0.4) is 0 Å². The van der Waals surface area contributed by atoms with E-state index in [1.165, 1.54) is 0 Å². The fourth-order valence-electron chi connectivity index (χ4n) is 3.02. The van der Waals surface area contributed by atoms with Crippen LogP contribution in [0.15, 0.2) is 66.7 Å². The van der Waals surface area contributed by atoms with Gasteiger partial charge in [0.1, 0.15) is 11.4 Å². The summed E-state index contributed by atoms with van der Waals surface area (Å²) in [7, 11) is 0. The van der Waals surface area contributed by atoms with Crippen LogP contribution in [0.4, 0.5) is 11.4 Å². The number of hydrogen-bond donors (Lipinski definition) is 2. The zero-order valence-electron chi connectivity index (χ0n) is 17.1. The normalized spacial score (nSPS) is 11.0. The van der Waals surface area contributed by atoms with Crippen molar-refractivity contribution in [3.8, 4) is 0 Å². The molecule has 2 N–H and O–H groups in total. The Morgan fingerprint density at radius 3 is 1.83 bits per heavy atom. The number of pyridine rings is 1. The van der Waals surface area contributed by atoms with Gasteiger partial charge in [-0.05, 0) is 47.7 Å². The average molecular weight is 387 g/mol. The van der Waals surface area contributed by atoms with E-state index in [0.29, 0.717) is 5.69 Å². The number of aromatic nitrogens is 1. The van der Waals surface area contributed by atoms with Gasteiger partial charge >= 0.3 is 0 Å². The van der Waals surface area contributed by atoms with E-state index in [1.807, 2.05) is 55.5 Å². The molecule has 148 valence electrons. The molecule has 5 nitrogen and oxygen atoms in total. The first-order valence-corrected chi connectivity index (χ1v) is 9.50. The first-order chi connectivity index (χ1) is 13.8. The van der Waals surface area contributed by atoms with Gasteiger partial charge < -0.3 is 10.6 Å². The van der Waals surface area contributed by atoms with Crippen molar-refractivity contribution in [2.24, 2.45) is 0 Å². The zero-order chi connectivity index (χ0) is 21.0. The molecule has 29 heavy (non-hydrogen) atoms. The first-order valence-electron chi connectivity index (χ1n) is 9.50. The van der Waals surface area contributed by atoms with Crippen LogP contribution in [-0.4, -0.2) is 16.8 Å². The third kappa shape index (κ3) is 4.88. The molecule has 3 aromatic rings. The van der Waals surface area contributed by atoms with Gasteiger partial charge in [-0.25, -0.2) is 4.98 Å². The van der Waals surface area contributed by atoms with Crippen LogP contribution in [0, 0.1) is 6.92 Å². The van der Waals surface area contributed by atoms with E-state index in [1.54, 1.807) is 18.2 Å². The van der Waals surface area contributed by atoms with Gasteiger partial charge in [0.05, 0.1) is 0 Å². The van der Waals surface area contributed by atoms with Crippen molar-refractivity contribution >= 4 is 23.2 Å². The minimum absolute atomic E-state index is 0.118. The Labute approximate surface area is 171 Å². The fraction of sp³-hybridized carbons (Fsp3) is 0.208. The molecule has 0 unspecified atom stereocenters. The van der Waals surface area contributed by atoms with Crippen molar-refractivity contribution in [1.82, 2.24) is 4.98 Å². The van der Waals surface area contributed by atoms with Crippen LogP contribution < -0.4 is 10.6 Å². The number of nitrogens with zero attached hydrogens (tertiary/aromatic N) is 1. The summed E-state index contributed by atoms with van der Waals surface area (Å²) in [6.45, 7) is 8.19. The molecule has 0 saturated carbocycles. The molecule has 1 aromatic heterocycles. The van der Waals surface area contributed by atoms with Crippen LogP contribution in [-0.2, 0) is 5.41 Å². The summed E-state index contributed by atoms with van der Waals surface area (Å²) >= 11 is 0. The first kappa shape index (κ1) is 20.3. The van der Waals surface area contributed by atoms with Crippen molar-refractivity contribution < 1.29 is 9.59 Å². The second-order valence-electron chi connectivity index (χ2n) is 7.93. The summed E-state index contributed by atoms with van der Waals surface area (Å²) in [5.74, 6) is -0.712. The highest BCUT2D eigenvalue weighted by Crippen LogP contribution is 2.29. The lowest BCUT2D eigenvalue weighted by Crippen LogP contribution is -2.21. The molecule has 0 aliphatic heterocycles. The summed E-state index contributed by atoms with van der Waals surface area (Å²) in [4.78, 5) is 29.6. The number of carbonyl (C=O) groups excluding carboxylic acids is 2. The average Bonchev–Trinajstić information content (AvgIpc) is 2.69. The molecule has 0 saturated heterocycles. The maximum absolute atomic E-state index is 12.8. The lowest BCUT2D eigenvalue weighted by molar-refractivity contribution is 0.101. The quantitative estimate of drug-likeness (QED) is 0.647. The van der Waals surface area contributed by atoms with Gasteiger partial charge in [0, 0.05) is 11.4 Å². The number of aryl methyl sites for hydroxylation is 1. The van der Waals surface area contributed by atoms with Gasteiger partial charge in [-0.2, -0.15) is 0 Å². The third-order valence-electron chi connectivity index (χ3n) is 4.59. The molecule has 0 bridgehead atoms. The standard InChI is InChI=1S/C24H25N3O2/c1-16-10-5-7-12-18(16)26-22(28)20-14-9-15-21(25-20)23(29)27-19-13-8-6-11-17(19)24(2,3)4/h5-15H,1-4H3,(H,26,28)(H,27,29). The van der Waals surface area contributed by atoms with Crippen molar-refractivity contribution in [2.45, 2.75) is 33.1 Å². The second kappa shape index (κ2) is 8.27. The van der Waals surface area contributed by atoms with Crippen LogP contribution in [0.2, 0.25) is 0 Å². The number of carbonyl (C=O) groups is 2. The number of anilines is 2. The Morgan fingerprint density at radius 1 is 0.724 bits per heavy atom. The molecule has 2 amide bonds. The molecule has 0 atom stereocenters. The highest BCUT2D eigenvalue weighted by molar-refractivity contribution is 6.06. The smallest absolute Gasteiger partial charge is 0.274 e.